The van der Waals surface area contributed by atoms with Crippen molar-refractivity contribution in [3.05, 3.63) is 23.5 Å². The molecule has 5 atom stereocenters. The van der Waals surface area contributed by atoms with Crippen molar-refractivity contribution in [3.8, 4) is 17.1 Å². The topological polar surface area (TPSA) is 120 Å². The van der Waals surface area contributed by atoms with Gasteiger partial charge in [-0.3, -0.25) is 4.79 Å². The number of carboxylic acids is 1. The Morgan fingerprint density at radius 2 is 2.00 bits per heavy atom. The van der Waals surface area contributed by atoms with E-state index in [9.17, 15) is 27.9 Å². The monoisotopic (exact) mass is 649 g/mol. The van der Waals surface area contributed by atoms with Gasteiger partial charge in [-0.1, -0.05) is 27.8 Å². The van der Waals surface area contributed by atoms with Crippen LogP contribution in [-0.2, 0) is 22.8 Å². The summed E-state index contributed by atoms with van der Waals surface area (Å²) in [5.41, 5.74) is -0.864. The minimum absolute atomic E-state index is 0.0611. The Morgan fingerprint density at radius 3 is 2.68 bits per heavy atom. The number of aryl methyl sites for hydroxylation is 1. The Hall–Kier alpha value is -2.65. The highest BCUT2D eigenvalue weighted by atomic mass is 127. The second kappa shape index (κ2) is 10.5. The molecule has 38 heavy (non-hydrogen) atoms. The van der Waals surface area contributed by atoms with Crippen molar-refractivity contribution in [3.63, 3.8) is 0 Å². The van der Waals surface area contributed by atoms with Gasteiger partial charge >= 0.3 is 18.2 Å². The van der Waals surface area contributed by atoms with Crippen LogP contribution in [0.15, 0.2) is 12.1 Å². The van der Waals surface area contributed by atoms with Gasteiger partial charge in [-0.2, -0.15) is 13.2 Å². The van der Waals surface area contributed by atoms with Gasteiger partial charge in [0.15, 0.2) is 17.5 Å². The van der Waals surface area contributed by atoms with Crippen LogP contribution < -0.4 is 4.74 Å². The van der Waals surface area contributed by atoms with E-state index in [1.807, 2.05) is 0 Å². The molecule has 0 radical (unpaired) electrons. The Kier molecular flexibility index (Phi) is 7.44. The van der Waals surface area contributed by atoms with Crippen LogP contribution in [0.5, 0.6) is 5.75 Å². The SMILES string of the molecule is Cn1nnc(-c2ccc(O[C@H]3CCC[C@H](C(=O)O)C3)c(C(F)(F)F)n2)c1C1CN(C2CCC(I)C2)C(=O)O1. The molecule has 3 heterocycles. The van der Waals surface area contributed by atoms with Gasteiger partial charge in [-0.25, -0.2) is 14.5 Å². The van der Waals surface area contributed by atoms with E-state index >= 15 is 0 Å². The molecule has 0 aromatic carbocycles. The van der Waals surface area contributed by atoms with E-state index in [1.165, 1.54) is 16.8 Å². The summed E-state index contributed by atoms with van der Waals surface area (Å²) in [4.78, 5) is 29.6. The van der Waals surface area contributed by atoms with Crippen LogP contribution in [0.1, 0.15) is 62.4 Å². The zero-order valence-corrected chi connectivity index (χ0v) is 22.7. The quantitative estimate of drug-likeness (QED) is 0.352. The number of hydrogen-bond acceptors (Lipinski definition) is 7. The maximum Gasteiger partial charge on any atom is 0.437 e. The number of aliphatic carboxylic acids is 1. The zero-order chi connectivity index (χ0) is 27.2. The molecule has 0 spiro atoms. The van der Waals surface area contributed by atoms with Gasteiger partial charge in [0.2, 0.25) is 0 Å². The van der Waals surface area contributed by atoms with Gasteiger partial charge in [-0.15, -0.1) is 5.10 Å². The fourth-order valence-electron chi connectivity index (χ4n) is 5.55. The summed E-state index contributed by atoms with van der Waals surface area (Å²) < 4.78 is 55.3. The van der Waals surface area contributed by atoms with Crippen molar-refractivity contribution in [1.82, 2.24) is 24.9 Å². The normalized spacial score (nSPS) is 28.0. The number of halogens is 4. The molecule has 1 N–H and O–H groups in total. The van der Waals surface area contributed by atoms with Crippen molar-refractivity contribution < 1.29 is 37.3 Å². The van der Waals surface area contributed by atoms with Crippen LogP contribution >= 0.6 is 22.6 Å². The lowest BCUT2D eigenvalue weighted by atomic mass is 9.87. The molecular weight excluding hydrogens is 622 g/mol. The number of aromatic nitrogens is 4. The summed E-state index contributed by atoms with van der Waals surface area (Å²) >= 11 is 2.37. The number of carbonyl (C=O) groups excluding carboxylic acids is 1. The average Bonchev–Trinajstić information content (AvgIpc) is 3.56. The molecule has 3 fully saturated rings. The Bertz CT molecular complexity index is 1220. The number of hydrogen-bond donors (Lipinski definition) is 1. The molecule has 3 aliphatic rings. The van der Waals surface area contributed by atoms with Gasteiger partial charge in [0, 0.05) is 17.0 Å². The van der Waals surface area contributed by atoms with Crippen molar-refractivity contribution in [2.45, 2.75) is 73.3 Å². The fraction of sp³-hybridized carbons (Fsp3) is 0.625. The molecule has 3 unspecified atom stereocenters. The van der Waals surface area contributed by atoms with Crippen molar-refractivity contribution in [1.29, 1.82) is 0 Å². The molecule has 2 aromatic heterocycles. The summed E-state index contributed by atoms with van der Waals surface area (Å²) in [6.45, 7) is 0.251. The van der Waals surface area contributed by atoms with E-state index in [1.54, 1.807) is 11.9 Å². The number of carboxylic acid groups (broad SMARTS) is 1. The Balaban J connectivity index is 1.42. The zero-order valence-electron chi connectivity index (χ0n) is 20.5. The third-order valence-corrected chi connectivity index (χ3v) is 8.57. The Labute approximate surface area is 230 Å². The standard InChI is InChI=1S/C24H27F3IN5O5/c1-32-20(18-11-33(23(36)38-18)14-6-5-13(28)10-14)19(30-31-32)16-7-8-17(21(29-16)24(25,26)27)37-15-4-2-3-12(9-15)22(34)35/h7-8,12-15,18H,2-6,9-11H2,1H3,(H,34,35)/t12-,13?,14?,15-,18?/m0/s1. The molecule has 2 aromatic rings. The number of amides is 1. The predicted octanol–water partition coefficient (Wildman–Crippen LogP) is 4.77. The maximum absolute atomic E-state index is 14.1. The first kappa shape index (κ1) is 26.9. The van der Waals surface area contributed by atoms with Gasteiger partial charge in [0.1, 0.15) is 11.4 Å². The highest BCUT2D eigenvalue weighted by Crippen LogP contribution is 2.41. The van der Waals surface area contributed by atoms with E-state index < -0.39 is 47.8 Å². The molecular formula is C24H27F3IN5O5. The van der Waals surface area contributed by atoms with E-state index in [-0.39, 0.29) is 30.4 Å². The Morgan fingerprint density at radius 1 is 1.21 bits per heavy atom. The van der Waals surface area contributed by atoms with E-state index in [0.717, 1.165) is 19.3 Å². The average molecular weight is 649 g/mol. The third-order valence-electron chi connectivity index (χ3n) is 7.44. The molecule has 206 valence electrons. The summed E-state index contributed by atoms with van der Waals surface area (Å²) in [5.74, 6) is -2.10. The number of alkyl halides is 4. The van der Waals surface area contributed by atoms with Crippen molar-refractivity contribution >= 4 is 34.7 Å². The van der Waals surface area contributed by atoms with Crippen molar-refractivity contribution in [2.75, 3.05) is 6.54 Å². The number of ether oxygens (including phenoxy) is 2. The third kappa shape index (κ3) is 5.41. The fourth-order valence-corrected chi connectivity index (χ4v) is 6.49. The first-order valence-corrected chi connectivity index (χ1v) is 13.7. The van der Waals surface area contributed by atoms with Crippen LogP contribution in [0.4, 0.5) is 18.0 Å². The van der Waals surface area contributed by atoms with Gasteiger partial charge in [-0.05, 0) is 57.1 Å². The molecule has 0 bridgehead atoms. The van der Waals surface area contributed by atoms with Crippen LogP contribution in [0, 0.1) is 5.92 Å². The van der Waals surface area contributed by atoms with Crippen LogP contribution in [0.3, 0.4) is 0 Å². The van der Waals surface area contributed by atoms with Gasteiger partial charge in [0.25, 0.3) is 0 Å². The number of cyclic esters (lactones) is 1. The van der Waals surface area contributed by atoms with E-state index in [4.69, 9.17) is 9.47 Å². The smallest absolute Gasteiger partial charge is 0.437 e. The second-order valence-electron chi connectivity index (χ2n) is 10.0. The second-order valence-corrected chi connectivity index (χ2v) is 11.8. The number of rotatable bonds is 6. The molecule has 2 saturated carbocycles. The molecule has 14 heteroatoms. The first-order chi connectivity index (χ1) is 18.0. The highest BCUT2D eigenvalue weighted by Gasteiger charge is 2.43. The molecule has 1 aliphatic heterocycles. The molecule has 1 amide bonds. The minimum atomic E-state index is -4.83. The lowest BCUT2D eigenvalue weighted by Crippen LogP contribution is -2.34. The summed E-state index contributed by atoms with van der Waals surface area (Å²) in [7, 11) is 1.59. The summed E-state index contributed by atoms with van der Waals surface area (Å²) in [6, 6.07) is 2.60. The maximum atomic E-state index is 14.1. The molecule has 1 saturated heterocycles. The molecule has 10 nitrogen and oxygen atoms in total. The predicted molar refractivity (Wildman–Crippen MR) is 135 cm³/mol. The minimum Gasteiger partial charge on any atom is -0.488 e. The number of carbonyl (C=O) groups is 2. The van der Waals surface area contributed by atoms with Crippen LogP contribution in [0.2, 0.25) is 0 Å². The molecule has 2 aliphatic carbocycles. The number of nitrogens with zero attached hydrogens (tertiary/aromatic N) is 5. The van der Waals surface area contributed by atoms with E-state index in [2.05, 4.69) is 37.9 Å². The van der Waals surface area contributed by atoms with Gasteiger partial charge < -0.3 is 19.5 Å². The first-order valence-electron chi connectivity index (χ1n) is 12.5. The van der Waals surface area contributed by atoms with Crippen LogP contribution in [-0.4, -0.2) is 64.7 Å². The van der Waals surface area contributed by atoms with Gasteiger partial charge in [0.05, 0.1) is 24.3 Å². The lowest BCUT2D eigenvalue weighted by Gasteiger charge is -2.28. The lowest BCUT2D eigenvalue weighted by molar-refractivity contribution is -0.146. The highest BCUT2D eigenvalue weighted by molar-refractivity contribution is 14.1. The summed E-state index contributed by atoms with van der Waals surface area (Å²) in [5, 5.41) is 17.3. The van der Waals surface area contributed by atoms with Crippen LogP contribution in [0.25, 0.3) is 11.4 Å². The largest absolute Gasteiger partial charge is 0.488 e. The summed E-state index contributed by atoms with van der Waals surface area (Å²) in [6.07, 6.45) is -2.35. The van der Waals surface area contributed by atoms with E-state index in [0.29, 0.717) is 28.9 Å². The number of pyridine rings is 1. The molecule has 5 rings (SSSR count). The van der Waals surface area contributed by atoms with Crippen molar-refractivity contribution in [2.24, 2.45) is 13.0 Å².